The molecule has 0 spiro atoms. The lowest BCUT2D eigenvalue weighted by Crippen LogP contribution is -2.46. The second-order valence-electron chi connectivity index (χ2n) is 6.00. The number of nitrogens with one attached hydrogen (secondary N) is 2. The van der Waals surface area contributed by atoms with Gasteiger partial charge in [0.25, 0.3) is 0 Å². The smallest absolute Gasteiger partial charge is 0.309 e. The number of aliphatic hydroxyl groups is 1. The molecule has 0 aliphatic heterocycles. The first-order valence-corrected chi connectivity index (χ1v) is 7.35. The molecule has 2 amide bonds. The van der Waals surface area contributed by atoms with Crippen LogP contribution in [0, 0.1) is 5.41 Å². The van der Waals surface area contributed by atoms with E-state index in [0.717, 1.165) is 38.5 Å². The molecule has 19 heavy (non-hydrogen) atoms. The normalized spacial score (nSPS) is 22.4. The largest absolute Gasteiger partial charge is 0.396 e. The fourth-order valence-corrected chi connectivity index (χ4v) is 2.59. The zero-order valence-corrected chi connectivity index (χ0v) is 11.4. The van der Waals surface area contributed by atoms with E-state index in [9.17, 15) is 9.59 Å². The van der Waals surface area contributed by atoms with E-state index in [1.807, 2.05) is 0 Å². The summed E-state index contributed by atoms with van der Waals surface area (Å²) in [5.74, 6) is -1.09. The van der Waals surface area contributed by atoms with E-state index < -0.39 is 11.8 Å². The quantitative estimate of drug-likeness (QED) is 0.519. The second kappa shape index (κ2) is 6.37. The number of amides is 2. The lowest BCUT2D eigenvalue weighted by Gasteiger charge is -2.17. The molecule has 3 N–H and O–H groups in total. The van der Waals surface area contributed by atoms with Crippen LogP contribution < -0.4 is 10.6 Å². The maximum absolute atomic E-state index is 11.8. The molecule has 0 aromatic heterocycles. The summed E-state index contributed by atoms with van der Waals surface area (Å²) in [5, 5.41) is 14.6. The van der Waals surface area contributed by atoms with Gasteiger partial charge >= 0.3 is 11.8 Å². The van der Waals surface area contributed by atoms with E-state index in [2.05, 4.69) is 10.6 Å². The summed E-state index contributed by atoms with van der Waals surface area (Å²) in [5.41, 5.74) is -0.155. The summed E-state index contributed by atoms with van der Waals surface area (Å²) in [7, 11) is 0. The molecule has 0 atom stereocenters. The van der Waals surface area contributed by atoms with E-state index in [1.54, 1.807) is 0 Å². The molecule has 5 heteroatoms. The number of hydrogen-bond donors (Lipinski definition) is 3. The van der Waals surface area contributed by atoms with Gasteiger partial charge in [0.1, 0.15) is 0 Å². The van der Waals surface area contributed by atoms with Crippen LogP contribution in [0.3, 0.4) is 0 Å². The topological polar surface area (TPSA) is 78.4 Å². The van der Waals surface area contributed by atoms with E-state index in [0.29, 0.717) is 6.54 Å². The first-order chi connectivity index (χ1) is 9.15. The van der Waals surface area contributed by atoms with Gasteiger partial charge in [0.15, 0.2) is 0 Å². The van der Waals surface area contributed by atoms with Crippen LogP contribution in [0.25, 0.3) is 0 Å². The van der Waals surface area contributed by atoms with Gasteiger partial charge in [0, 0.05) is 18.0 Å². The first kappa shape index (κ1) is 14.3. The Morgan fingerprint density at radius 1 is 1.05 bits per heavy atom. The summed E-state index contributed by atoms with van der Waals surface area (Å²) >= 11 is 0. The van der Waals surface area contributed by atoms with Gasteiger partial charge in [0.2, 0.25) is 0 Å². The Labute approximate surface area is 114 Å². The zero-order valence-electron chi connectivity index (χ0n) is 11.4. The van der Waals surface area contributed by atoms with Crippen molar-refractivity contribution >= 4 is 11.8 Å². The third-order valence-electron chi connectivity index (χ3n) is 4.31. The molecule has 2 fully saturated rings. The molecule has 2 saturated carbocycles. The summed E-state index contributed by atoms with van der Waals surface area (Å²) < 4.78 is 0. The third-order valence-corrected chi connectivity index (χ3v) is 4.31. The monoisotopic (exact) mass is 268 g/mol. The van der Waals surface area contributed by atoms with Gasteiger partial charge in [-0.2, -0.15) is 0 Å². The van der Waals surface area contributed by atoms with Gasteiger partial charge in [-0.3, -0.25) is 9.59 Å². The van der Waals surface area contributed by atoms with Crippen molar-refractivity contribution in [2.75, 3.05) is 13.2 Å². The minimum absolute atomic E-state index is 0.0809. The van der Waals surface area contributed by atoms with Gasteiger partial charge in [-0.25, -0.2) is 0 Å². The molecule has 0 unspecified atom stereocenters. The minimum atomic E-state index is -0.566. The molecular weight excluding hydrogens is 244 g/mol. The minimum Gasteiger partial charge on any atom is -0.396 e. The van der Waals surface area contributed by atoms with Crippen LogP contribution in [0.2, 0.25) is 0 Å². The fourth-order valence-electron chi connectivity index (χ4n) is 2.59. The van der Waals surface area contributed by atoms with Gasteiger partial charge in [-0.05, 0) is 25.7 Å². The fraction of sp³-hybridized carbons (Fsp3) is 0.857. The van der Waals surface area contributed by atoms with Gasteiger partial charge in [0.05, 0.1) is 6.61 Å². The summed E-state index contributed by atoms with van der Waals surface area (Å²) in [6.07, 6.45) is 8.48. The highest BCUT2D eigenvalue weighted by Crippen LogP contribution is 2.44. The molecule has 0 aromatic rings. The number of hydrogen-bond acceptors (Lipinski definition) is 3. The van der Waals surface area contributed by atoms with E-state index in [-0.39, 0.29) is 18.1 Å². The molecule has 108 valence electrons. The molecule has 2 aliphatic rings. The van der Waals surface area contributed by atoms with Crippen molar-refractivity contribution in [1.29, 1.82) is 0 Å². The van der Waals surface area contributed by atoms with Crippen molar-refractivity contribution in [2.24, 2.45) is 5.41 Å². The summed E-state index contributed by atoms with van der Waals surface area (Å²) in [4.78, 5) is 23.5. The number of carbonyl (C=O) groups excluding carboxylic acids is 2. The van der Waals surface area contributed by atoms with Crippen molar-refractivity contribution < 1.29 is 14.7 Å². The Kier molecular flexibility index (Phi) is 4.80. The Hall–Kier alpha value is -1.10. The van der Waals surface area contributed by atoms with E-state index in [1.165, 1.54) is 12.8 Å². The molecule has 5 nitrogen and oxygen atoms in total. The third kappa shape index (κ3) is 4.20. The van der Waals surface area contributed by atoms with Crippen molar-refractivity contribution in [2.45, 2.75) is 57.4 Å². The molecule has 0 saturated heterocycles. The van der Waals surface area contributed by atoms with Gasteiger partial charge in [-0.1, -0.05) is 25.7 Å². The van der Waals surface area contributed by atoms with Crippen LogP contribution in [0.15, 0.2) is 0 Å². The lowest BCUT2D eigenvalue weighted by molar-refractivity contribution is -0.139. The Morgan fingerprint density at radius 3 is 2.21 bits per heavy atom. The molecule has 0 aromatic carbocycles. The molecule has 2 aliphatic carbocycles. The maximum atomic E-state index is 11.8. The number of carbonyl (C=O) groups is 2. The van der Waals surface area contributed by atoms with Gasteiger partial charge in [-0.15, -0.1) is 0 Å². The van der Waals surface area contributed by atoms with Crippen molar-refractivity contribution in [3.63, 3.8) is 0 Å². The Bertz CT molecular complexity index is 332. The summed E-state index contributed by atoms with van der Waals surface area (Å²) in [6.45, 7) is 0.484. The van der Waals surface area contributed by atoms with Crippen LogP contribution in [0.5, 0.6) is 0 Å². The van der Waals surface area contributed by atoms with Crippen LogP contribution in [0.4, 0.5) is 0 Å². The average Bonchev–Trinajstić information content (AvgIpc) is 3.21. The zero-order chi connectivity index (χ0) is 13.7. The molecule has 2 rings (SSSR count). The summed E-state index contributed by atoms with van der Waals surface area (Å²) in [6, 6.07) is 0.147. The SMILES string of the molecule is O=C(NCC1(CO)CC1)C(=O)NC1CCCCCC1. The second-order valence-corrected chi connectivity index (χ2v) is 6.00. The van der Waals surface area contributed by atoms with Crippen LogP contribution in [-0.4, -0.2) is 36.1 Å². The van der Waals surface area contributed by atoms with Crippen molar-refractivity contribution in [3.05, 3.63) is 0 Å². The van der Waals surface area contributed by atoms with Crippen molar-refractivity contribution in [3.8, 4) is 0 Å². The first-order valence-electron chi connectivity index (χ1n) is 7.35. The van der Waals surface area contributed by atoms with Crippen LogP contribution >= 0.6 is 0 Å². The molecule has 0 radical (unpaired) electrons. The number of aliphatic hydroxyl groups excluding tert-OH is 1. The van der Waals surface area contributed by atoms with Crippen molar-refractivity contribution in [1.82, 2.24) is 10.6 Å². The van der Waals surface area contributed by atoms with E-state index >= 15 is 0 Å². The van der Waals surface area contributed by atoms with Crippen LogP contribution in [-0.2, 0) is 9.59 Å². The average molecular weight is 268 g/mol. The predicted molar refractivity (Wildman–Crippen MR) is 71.4 cm³/mol. The number of rotatable bonds is 4. The standard InChI is InChI=1S/C14H24N2O3/c17-10-14(7-8-14)9-15-12(18)13(19)16-11-5-3-1-2-4-6-11/h11,17H,1-10H2,(H,15,18)(H,16,19). The van der Waals surface area contributed by atoms with E-state index in [4.69, 9.17) is 5.11 Å². The highest BCUT2D eigenvalue weighted by molar-refractivity contribution is 6.35. The molecule has 0 bridgehead atoms. The highest BCUT2D eigenvalue weighted by atomic mass is 16.3. The Balaban J connectivity index is 1.71. The Morgan fingerprint density at radius 2 is 1.68 bits per heavy atom. The van der Waals surface area contributed by atoms with Gasteiger partial charge < -0.3 is 15.7 Å². The molecular formula is C14H24N2O3. The predicted octanol–water partition coefficient (Wildman–Crippen LogP) is 0.714. The maximum Gasteiger partial charge on any atom is 0.309 e. The lowest BCUT2D eigenvalue weighted by atomic mass is 10.1. The highest BCUT2D eigenvalue weighted by Gasteiger charge is 2.42. The molecule has 0 heterocycles. The van der Waals surface area contributed by atoms with Crippen LogP contribution in [0.1, 0.15) is 51.4 Å².